The summed E-state index contributed by atoms with van der Waals surface area (Å²) < 4.78 is 6.89. The summed E-state index contributed by atoms with van der Waals surface area (Å²) in [6.45, 7) is 5.46. The Morgan fingerprint density at radius 1 is 1.25 bits per heavy atom. The number of rotatable bonds is 3. The SMILES string of the molecule is COc1nn2nc(C)cc2cc1NC(=O)N1CCc2c(N3CCNC4(CC4)C3)ccnc21. The molecule has 0 radical (unpaired) electrons. The first kappa shape index (κ1) is 19.3. The molecule has 32 heavy (non-hydrogen) atoms. The Labute approximate surface area is 185 Å². The normalized spacial score (nSPS) is 18.8. The molecule has 1 aliphatic carbocycles. The highest BCUT2D eigenvalue weighted by atomic mass is 16.5. The van der Waals surface area contributed by atoms with Gasteiger partial charge in [0.25, 0.3) is 5.88 Å². The highest BCUT2D eigenvalue weighted by molar-refractivity contribution is 6.03. The fraction of sp³-hybridized carbons (Fsp3) is 0.455. The Kier molecular flexibility index (Phi) is 4.26. The molecule has 0 aromatic carbocycles. The van der Waals surface area contributed by atoms with Crippen molar-refractivity contribution >= 4 is 28.7 Å². The van der Waals surface area contributed by atoms with E-state index >= 15 is 0 Å². The predicted molar refractivity (Wildman–Crippen MR) is 121 cm³/mol. The van der Waals surface area contributed by atoms with Gasteiger partial charge >= 0.3 is 6.03 Å². The summed E-state index contributed by atoms with van der Waals surface area (Å²) in [7, 11) is 1.53. The number of urea groups is 1. The highest BCUT2D eigenvalue weighted by Crippen LogP contribution is 2.41. The molecule has 5 heterocycles. The average molecular weight is 435 g/mol. The van der Waals surface area contributed by atoms with Crippen molar-refractivity contribution in [3.63, 3.8) is 0 Å². The highest BCUT2D eigenvalue weighted by Gasteiger charge is 2.46. The zero-order valence-corrected chi connectivity index (χ0v) is 18.3. The minimum Gasteiger partial charge on any atom is -0.478 e. The number of carbonyl (C=O) groups excluding carboxylic acids is 1. The van der Waals surface area contributed by atoms with Gasteiger partial charge < -0.3 is 20.3 Å². The van der Waals surface area contributed by atoms with Crippen LogP contribution in [0, 0.1) is 6.92 Å². The molecular formula is C22H26N8O2. The van der Waals surface area contributed by atoms with E-state index in [1.165, 1.54) is 30.3 Å². The number of amides is 2. The van der Waals surface area contributed by atoms with Gasteiger partial charge in [0.15, 0.2) is 0 Å². The third-order valence-corrected chi connectivity index (χ3v) is 6.65. The molecule has 3 aromatic heterocycles. The summed E-state index contributed by atoms with van der Waals surface area (Å²) >= 11 is 0. The number of carbonyl (C=O) groups is 1. The van der Waals surface area contributed by atoms with Crippen LogP contribution in [-0.2, 0) is 6.42 Å². The fourth-order valence-electron chi connectivity index (χ4n) is 4.88. The maximum absolute atomic E-state index is 13.2. The topological polar surface area (TPSA) is 99.9 Å². The van der Waals surface area contributed by atoms with Crippen LogP contribution in [0.3, 0.4) is 0 Å². The van der Waals surface area contributed by atoms with Crippen LogP contribution in [0.5, 0.6) is 5.88 Å². The smallest absolute Gasteiger partial charge is 0.327 e. The van der Waals surface area contributed by atoms with E-state index in [-0.39, 0.29) is 11.6 Å². The van der Waals surface area contributed by atoms with Gasteiger partial charge in [-0.2, -0.15) is 5.10 Å². The zero-order valence-electron chi connectivity index (χ0n) is 18.3. The molecule has 0 unspecified atom stereocenters. The van der Waals surface area contributed by atoms with Crippen LogP contribution in [0.15, 0.2) is 24.4 Å². The maximum atomic E-state index is 13.2. The average Bonchev–Trinajstić information content (AvgIpc) is 3.21. The van der Waals surface area contributed by atoms with Crippen molar-refractivity contribution in [1.29, 1.82) is 0 Å². The van der Waals surface area contributed by atoms with Gasteiger partial charge in [-0.25, -0.2) is 9.78 Å². The number of nitrogens with one attached hydrogen (secondary N) is 2. The Balaban J connectivity index is 1.27. The third-order valence-electron chi connectivity index (χ3n) is 6.65. The number of piperazine rings is 1. The number of fused-ring (bicyclic) bond motifs is 2. The molecule has 166 valence electrons. The molecule has 1 saturated carbocycles. The molecule has 1 spiro atoms. The number of anilines is 3. The molecule has 3 aromatic rings. The number of pyridine rings is 1. The van der Waals surface area contributed by atoms with Crippen molar-refractivity contribution in [2.24, 2.45) is 0 Å². The number of aryl methyl sites for hydroxylation is 1. The van der Waals surface area contributed by atoms with Crippen LogP contribution in [0.4, 0.5) is 22.0 Å². The Bertz CT molecular complexity index is 1220. The van der Waals surface area contributed by atoms with E-state index in [1.54, 1.807) is 4.90 Å². The molecule has 2 N–H and O–H groups in total. The summed E-state index contributed by atoms with van der Waals surface area (Å²) in [5.74, 6) is 1.04. The Hall–Kier alpha value is -3.40. The molecule has 10 nitrogen and oxygen atoms in total. The molecule has 3 aliphatic rings. The standard InChI is InChI=1S/C22H26N8O2/c1-14-11-15-12-17(20(32-2)27-30(15)26-14)25-21(31)29-9-4-16-18(3-7-23-19(16)29)28-10-8-24-22(13-28)5-6-22/h3,7,11-12,24H,4-6,8-10,13H2,1-2H3,(H,25,31). The fourth-order valence-corrected chi connectivity index (χ4v) is 4.88. The number of hydrogen-bond acceptors (Lipinski definition) is 7. The minimum atomic E-state index is -0.243. The van der Waals surface area contributed by atoms with Gasteiger partial charge in [-0.1, -0.05) is 0 Å². The van der Waals surface area contributed by atoms with Crippen molar-refractivity contribution in [1.82, 2.24) is 25.1 Å². The molecule has 1 saturated heterocycles. The second kappa shape index (κ2) is 7.06. The quantitative estimate of drug-likeness (QED) is 0.650. The van der Waals surface area contributed by atoms with Crippen molar-refractivity contribution in [3.05, 3.63) is 35.7 Å². The first-order valence-electron chi connectivity index (χ1n) is 11.0. The minimum absolute atomic E-state index is 0.243. The first-order valence-corrected chi connectivity index (χ1v) is 11.0. The van der Waals surface area contributed by atoms with Gasteiger partial charge in [-0.05, 0) is 44.4 Å². The van der Waals surface area contributed by atoms with Gasteiger partial charge in [0.2, 0.25) is 0 Å². The first-order chi connectivity index (χ1) is 15.5. The van der Waals surface area contributed by atoms with E-state index in [9.17, 15) is 4.79 Å². The third kappa shape index (κ3) is 3.13. The van der Waals surface area contributed by atoms with E-state index in [0.717, 1.165) is 48.6 Å². The molecule has 2 amide bonds. The van der Waals surface area contributed by atoms with Gasteiger partial charge in [0, 0.05) is 49.2 Å². The van der Waals surface area contributed by atoms with Crippen LogP contribution in [-0.4, -0.2) is 64.7 Å². The lowest BCUT2D eigenvalue weighted by Gasteiger charge is -2.36. The van der Waals surface area contributed by atoms with Crippen LogP contribution < -0.4 is 25.2 Å². The zero-order chi connectivity index (χ0) is 21.9. The van der Waals surface area contributed by atoms with Gasteiger partial charge in [-0.15, -0.1) is 9.73 Å². The van der Waals surface area contributed by atoms with Crippen molar-refractivity contribution in [3.8, 4) is 5.88 Å². The molecule has 10 heteroatoms. The second-order valence-corrected chi connectivity index (χ2v) is 8.86. The summed E-state index contributed by atoms with van der Waals surface area (Å²) in [4.78, 5) is 22.0. The van der Waals surface area contributed by atoms with Gasteiger partial charge in [0.1, 0.15) is 11.5 Å². The molecule has 2 aliphatic heterocycles. The molecule has 6 rings (SSSR count). The Morgan fingerprint density at radius 2 is 2.12 bits per heavy atom. The van der Waals surface area contributed by atoms with E-state index < -0.39 is 0 Å². The predicted octanol–water partition coefficient (Wildman–Crippen LogP) is 1.98. The molecular weight excluding hydrogens is 408 g/mol. The lowest BCUT2D eigenvalue weighted by molar-refractivity contribution is 0.257. The number of hydrogen-bond donors (Lipinski definition) is 2. The van der Waals surface area contributed by atoms with Crippen molar-refractivity contribution < 1.29 is 9.53 Å². The van der Waals surface area contributed by atoms with Gasteiger partial charge in [-0.3, -0.25) is 4.90 Å². The number of nitrogens with zero attached hydrogens (tertiary/aromatic N) is 6. The van der Waals surface area contributed by atoms with Crippen LogP contribution in [0.1, 0.15) is 24.1 Å². The largest absolute Gasteiger partial charge is 0.478 e. The van der Waals surface area contributed by atoms with Gasteiger partial charge in [0.05, 0.1) is 18.3 Å². The summed E-state index contributed by atoms with van der Waals surface area (Å²) in [6.07, 6.45) is 5.08. The van der Waals surface area contributed by atoms with E-state index in [1.807, 2.05) is 25.3 Å². The molecule has 2 fully saturated rings. The number of methoxy groups -OCH3 is 1. The summed E-state index contributed by atoms with van der Waals surface area (Å²) in [5.41, 5.74) is 4.77. The number of aromatic nitrogens is 4. The lowest BCUT2D eigenvalue weighted by Crippen LogP contribution is -2.52. The van der Waals surface area contributed by atoms with Crippen LogP contribution in [0.25, 0.3) is 5.52 Å². The molecule has 0 bridgehead atoms. The number of ether oxygens (including phenoxy) is 1. The summed E-state index contributed by atoms with van der Waals surface area (Å²) in [6, 6.07) is 5.57. The van der Waals surface area contributed by atoms with Crippen molar-refractivity contribution in [2.45, 2.75) is 31.7 Å². The van der Waals surface area contributed by atoms with E-state index in [4.69, 9.17) is 4.74 Å². The Morgan fingerprint density at radius 3 is 2.94 bits per heavy atom. The summed E-state index contributed by atoms with van der Waals surface area (Å²) in [5, 5.41) is 15.3. The monoisotopic (exact) mass is 434 g/mol. The second-order valence-electron chi connectivity index (χ2n) is 8.86. The van der Waals surface area contributed by atoms with E-state index in [0.29, 0.717) is 18.1 Å². The maximum Gasteiger partial charge on any atom is 0.327 e. The molecule has 0 atom stereocenters. The van der Waals surface area contributed by atoms with Crippen LogP contribution >= 0.6 is 0 Å². The lowest BCUT2D eigenvalue weighted by atomic mass is 10.1. The van der Waals surface area contributed by atoms with Crippen LogP contribution in [0.2, 0.25) is 0 Å². The van der Waals surface area contributed by atoms with E-state index in [2.05, 4.69) is 36.8 Å². The van der Waals surface area contributed by atoms with Crippen molar-refractivity contribution in [2.75, 3.05) is 48.4 Å².